The van der Waals surface area contributed by atoms with Crippen molar-refractivity contribution in [2.75, 3.05) is 24.5 Å². The highest BCUT2D eigenvalue weighted by Crippen LogP contribution is 2.33. The number of rotatable bonds is 3. The van der Waals surface area contributed by atoms with Gasteiger partial charge in [-0.3, -0.25) is 9.59 Å². The lowest BCUT2D eigenvalue weighted by atomic mass is 9.98. The van der Waals surface area contributed by atoms with E-state index in [1.807, 2.05) is 47.4 Å². The van der Waals surface area contributed by atoms with E-state index in [1.165, 1.54) is 4.70 Å². The number of benzene rings is 2. The van der Waals surface area contributed by atoms with Gasteiger partial charge in [-0.05, 0) is 55.7 Å². The predicted octanol–water partition coefficient (Wildman–Crippen LogP) is 4.44. The van der Waals surface area contributed by atoms with E-state index >= 15 is 0 Å². The largest absolute Gasteiger partial charge is 0.338 e. The highest BCUT2D eigenvalue weighted by molar-refractivity contribution is 7.18. The minimum Gasteiger partial charge on any atom is -0.338 e. The molecule has 0 radical (unpaired) electrons. The number of nitrogens with zero attached hydrogens (tertiary/aromatic N) is 3. The van der Waals surface area contributed by atoms with Crippen molar-refractivity contribution >= 4 is 39.1 Å². The minimum absolute atomic E-state index is 0.0649. The molecular formula is C23H23N3O2S. The van der Waals surface area contributed by atoms with Crippen molar-refractivity contribution in [1.82, 2.24) is 9.88 Å². The average Bonchev–Trinajstić information content (AvgIpc) is 3.39. The molecule has 2 aliphatic rings. The van der Waals surface area contributed by atoms with Crippen LogP contribution in [0.15, 0.2) is 48.5 Å². The summed E-state index contributed by atoms with van der Waals surface area (Å²) >= 11 is 1.74. The van der Waals surface area contributed by atoms with Crippen molar-refractivity contribution < 1.29 is 9.59 Å². The van der Waals surface area contributed by atoms with E-state index in [4.69, 9.17) is 4.98 Å². The van der Waals surface area contributed by atoms with E-state index in [9.17, 15) is 9.59 Å². The highest BCUT2D eigenvalue weighted by Gasteiger charge is 2.28. The molecule has 0 aliphatic carbocycles. The summed E-state index contributed by atoms with van der Waals surface area (Å²) in [6, 6.07) is 15.7. The summed E-state index contributed by atoms with van der Waals surface area (Å²) in [7, 11) is 0. The number of amides is 2. The molecule has 2 aliphatic heterocycles. The summed E-state index contributed by atoms with van der Waals surface area (Å²) < 4.78 is 1.21. The molecule has 0 saturated carbocycles. The van der Waals surface area contributed by atoms with Crippen LogP contribution in [0.4, 0.5) is 5.69 Å². The Labute approximate surface area is 174 Å². The highest BCUT2D eigenvalue weighted by atomic mass is 32.1. The first-order chi connectivity index (χ1) is 14.2. The first kappa shape index (κ1) is 18.3. The van der Waals surface area contributed by atoms with Crippen molar-refractivity contribution in [1.29, 1.82) is 0 Å². The predicted molar refractivity (Wildman–Crippen MR) is 116 cm³/mol. The molecule has 2 saturated heterocycles. The Morgan fingerprint density at radius 1 is 1.03 bits per heavy atom. The topological polar surface area (TPSA) is 53.5 Å². The lowest BCUT2D eigenvalue weighted by Crippen LogP contribution is -2.39. The quantitative estimate of drug-likeness (QED) is 0.647. The molecule has 5 nitrogen and oxygen atoms in total. The maximum absolute atomic E-state index is 13.1. The van der Waals surface area contributed by atoms with Gasteiger partial charge < -0.3 is 9.80 Å². The SMILES string of the molecule is O=C(c1ccc(N2CCCC2=O)cc1)N1CCC[C@H](c2nc3ccccc3s2)C1. The normalized spacial score (nSPS) is 19.9. The lowest BCUT2D eigenvalue weighted by molar-refractivity contribution is -0.117. The lowest BCUT2D eigenvalue weighted by Gasteiger charge is -2.32. The van der Waals surface area contributed by atoms with Gasteiger partial charge in [0.25, 0.3) is 5.91 Å². The first-order valence-electron chi connectivity index (χ1n) is 10.2. The second-order valence-corrected chi connectivity index (χ2v) is 8.87. The van der Waals surface area contributed by atoms with Gasteiger partial charge in [0, 0.05) is 43.2 Å². The summed E-state index contributed by atoms with van der Waals surface area (Å²) in [5, 5.41) is 1.13. The fraction of sp³-hybridized carbons (Fsp3) is 0.348. The maximum Gasteiger partial charge on any atom is 0.253 e. The van der Waals surface area contributed by atoms with Gasteiger partial charge in [0.1, 0.15) is 0 Å². The number of hydrogen-bond acceptors (Lipinski definition) is 4. The summed E-state index contributed by atoms with van der Waals surface area (Å²) in [4.78, 5) is 33.6. The molecule has 0 spiro atoms. The third kappa shape index (κ3) is 3.53. The van der Waals surface area contributed by atoms with Crippen LogP contribution in [-0.4, -0.2) is 41.3 Å². The van der Waals surface area contributed by atoms with Crippen LogP contribution in [0.5, 0.6) is 0 Å². The number of thiazole rings is 1. The van der Waals surface area contributed by atoms with Gasteiger partial charge in [-0.2, -0.15) is 0 Å². The van der Waals surface area contributed by atoms with Gasteiger partial charge >= 0.3 is 0 Å². The van der Waals surface area contributed by atoms with E-state index < -0.39 is 0 Å². The summed E-state index contributed by atoms with van der Waals surface area (Å²) in [5.74, 6) is 0.528. The van der Waals surface area contributed by atoms with Gasteiger partial charge in [-0.15, -0.1) is 11.3 Å². The molecule has 1 aromatic heterocycles. The molecule has 3 aromatic rings. The summed E-state index contributed by atoms with van der Waals surface area (Å²) in [6.45, 7) is 2.26. The molecule has 148 valence electrons. The van der Waals surface area contributed by atoms with Gasteiger partial charge in [0.2, 0.25) is 5.91 Å². The fourth-order valence-electron chi connectivity index (χ4n) is 4.32. The molecular weight excluding hydrogens is 382 g/mol. The number of fused-ring (bicyclic) bond motifs is 1. The number of anilines is 1. The Balaban J connectivity index is 1.31. The molecule has 1 atom stereocenters. The van der Waals surface area contributed by atoms with Crippen LogP contribution in [0.1, 0.15) is 47.0 Å². The second-order valence-electron chi connectivity index (χ2n) is 7.81. The standard InChI is InChI=1S/C23H23N3O2S/c27-21-8-4-14-26(21)18-11-9-16(10-12-18)23(28)25-13-3-5-17(15-25)22-24-19-6-1-2-7-20(19)29-22/h1-2,6-7,9-12,17H,3-5,8,13-15H2/t17-/m0/s1. The number of piperidine rings is 1. The smallest absolute Gasteiger partial charge is 0.253 e. The van der Waals surface area contributed by atoms with Crippen LogP contribution in [0, 0.1) is 0 Å². The van der Waals surface area contributed by atoms with Crippen LogP contribution in [0.3, 0.4) is 0 Å². The Kier molecular flexibility index (Phi) is 4.79. The Morgan fingerprint density at radius 2 is 1.86 bits per heavy atom. The van der Waals surface area contributed by atoms with Crippen LogP contribution >= 0.6 is 11.3 Å². The van der Waals surface area contributed by atoms with Crippen molar-refractivity contribution in [2.24, 2.45) is 0 Å². The third-order valence-corrected chi connectivity index (χ3v) is 7.07. The number of carbonyl (C=O) groups is 2. The minimum atomic E-state index is 0.0649. The first-order valence-corrected chi connectivity index (χ1v) is 11.1. The number of carbonyl (C=O) groups excluding carboxylic acids is 2. The van der Waals surface area contributed by atoms with Crippen LogP contribution in [0.25, 0.3) is 10.2 Å². The van der Waals surface area contributed by atoms with E-state index in [0.29, 0.717) is 24.4 Å². The van der Waals surface area contributed by atoms with E-state index in [1.54, 1.807) is 16.2 Å². The Hall–Kier alpha value is -2.73. The number of aromatic nitrogens is 1. The van der Waals surface area contributed by atoms with Crippen molar-refractivity contribution in [2.45, 2.75) is 31.6 Å². The van der Waals surface area contributed by atoms with Crippen molar-refractivity contribution in [3.8, 4) is 0 Å². The van der Waals surface area contributed by atoms with E-state index in [0.717, 1.165) is 48.6 Å². The van der Waals surface area contributed by atoms with Crippen LogP contribution < -0.4 is 4.90 Å². The monoisotopic (exact) mass is 405 g/mol. The van der Waals surface area contributed by atoms with Crippen molar-refractivity contribution in [3.05, 3.63) is 59.1 Å². The van der Waals surface area contributed by atoms with Gasteiger partial charge in [-0.25, -0.2) is 4.98 Å². The molecule has 6 heteroatoms. The zero-order valence-electron chi connectivity index (χ0n) is 16.2. The number of hydrogen-bond donors (Lipinski definition) is 0. The average molecular weight is 406 g/mol. The molecule has 3 heterocycles. The van der Waals surface area contributed by atoms with E-state index in [2.05, 4.69) is 6.07 Å². The maximum atomic E-state index is 13.1. The third-order valence-electron chi connectivity index (χ3n) is 5.87. The molecule has 0 unspecified atom stereocenters. The zero-order chi connectivity index (χ0) is 19.8. The second kappa shape index (κ2) is 7.59. The zero-order valence-corrected chi connectivity index (χ0v) is 17.0. The van der Waals surface area contributed by atoms with Gasteiger partial charge in [0.05, 0.1) is 15.2 Å². The molecule has 2 amide bonds. The molecule has 0 bridgehead atoms. The van der Waals surface area contributed by atoms with Crippen LogP contribution in [-0.2, 0) is 4.79 Å². The Morgan fingerprint density at radius 3 is 2.62 bits per heavy atom. The van der Waals surface area contributed by atoms with E-state index in [-0.39, 0.29) is 11.8 Å². The van der Waals surface area contributed by atoms with Gasteiger partial charge in [-0.1, -0.05) is 12.1 Å². The number of likely N-dealkylation sites (tertiary alicyclic amines) is 1. The Bertz CT molecular complexity index is 1030. The summed E-state index contributed by atoms with van der Waals surface area (Å²) in [5.41, 5.74) is 2.61. The molecule has 29 heavy (non-hydrogen) atoms. The molecule has 2 aromatic carbocycles. The fourth-order valence-corrected chi connectivity index (χ4v) is 5.41. The number of para-hydroxylation sites is 1. The molecule has 5 rings (SSSR count). The summed E-state index contributed by atoms with van der Waals surface area (Å²) in [6.07, 6.45) is 3.58. The molecule has 2 fully saturated rings. The van der Waals surface area contributed by atoms with Crippen LogP contribution in [0.2, 0.25) is 0 Å². The molecule has 0 N–H and O–H groups in total. The van der Waals surface area contributed by atoms with Crippen molar-refractivity contribution in [3.63, 3.8) is 0 Å². The van der Waals surface area contributed by atoms with Gasteiger partial charge in [0.15, 0.2) is 0 Å².